The lowest BCUT2D eigenvalue weighted by Gasteiger charge is -2.26. The zero-order valence-electron chi connectivity index (χ0n) is 23.5. The van der Waals surface area contributed by atoms with Gasteiger partial charge in [-0.1, -0.05) is 74.5 Å². The van der Waals surface area contributed by atoms with E-state index in [0.29, 0.717) is 6.42 Å². The minimum absolute atomic E-state index is 0.0519. The van der Waals surface area contributed by atoms with Crippen LogP contribution in [0.3, 0.4) is 0 Å². The van der Waals surface area contributed by atoms with Gasteiger partial charge in [-0.3, -0.25) is 19.4 Å². The first-order chi connectivity index (χ1) is 19.5. The molecule has 10 N–H and O–H groups in total. The molecule has 0 saturated carbocycles. The van der Waals surface area contributed by atoms with Crippen LogP contribution < -0.4 is 33.2 Å². The van der Waals surface area contributed by atoms with Gasteiger partial charge in [-0.2, -0.15) is 0 Å². The van der Waals surface area contributed by atoms with Crippen LogP contribution in [0, 0.1) is 5.92 Å². The predicted octanol–water partition coefficient (Wildman–Crippen LogP) is 0.0477. The Balaban J connectivity index is 2.25. The van der Waals surface area contributed by atoms with E-state index in [1.54, 1.807) is 44.2 Å². The number of benzene rings is 2. The molecule has 0 aromatic heterocycles. The smallest absolute Gasteiger partial charge is 0.326 e. The van der Waals surface area contributed by atoms with Gasteiger partial charge in [-0.15, -0.1) is 0 Å². The van der Waals surface area contributed by atoms with Crippen molar-refractivity contribution >= 4 is 29.7 Å². The minimum atomic E-state index is -1.23. The quantitative estimate of drug-likeness (QED) is 0.0833. The molecule has 0 heterocycles. The van der Waals surface area contributed by atoms with Crippen molar-refractivity contribution in [3.8, 4) is 0 Å². The number of aliphatic carboxylic acids is 1. The Hall–Kier alpha value is -4.45. The van der Waals surface area contributed by atoms with Crippen LogP contribution in [0.2, 0.25) is 0 Å². The molecule has 0 spiro atoms. The van der Waals surface area contributed by atoms with Crippen molar-refractivity contribution in [2.75, 3.05) is 6.54 Å². The van der Waals surface area contributed by atoms with E-state index in [4.69, 9.17) is 17.2 Å². The Morgan fingerprint density at radius 2 is 1.22 bits per heavy atom. The molecule has 12 heteroatoms. The van der Waals surface area contributed by atoms with E-state index in [-0.39, 0.29) is 37.7 Å². The third-order valence-corrected chi connectivity index (χ3v) is 6.41. The van der Waals surface area contributed by atoms with Gasteiger partial charge in [0.05, 0.1) is 6.04 Å². The largest absolute Gasteiger partial charge is 0.480 e. The number of aliphatic imine (C=N–C) groups is 1. The lowest BCUT2D eigenvalue weighted by Crippen LogP contribution is -2.58. The summed E-state index contributed by atoms with van der Waals surface area (Å²) < 4.78 is 0. The van der Waals surface area contributed by atoms with Gasteiger partial charge in [0.1, 0.15) is 18.1 Å². The number of carboxylic acid groups (broad SMARTS) is 1. The molecule has 0 bridgehead atoms. The summed E-state index contributed by atoms with van der Waals surface area (Å²) in [6, 6.07) is 13.7. The van der Waals surface area contributed by atoms with Crippen LogP contribution in [0.25, 0.3) is 0 Å². The van der Waals surface area contributed by atoms with Crippen molar-refractivity contribution in [2.24, 2.45) is 28.1 Å². The molecule has 0 fully saturated rings. The minimum Gasteiger partial charge on any atom is -0.480 e. The van der Waals surface area contributed by atoms with E-state index in [9.17, 15) is 24.3 Å². The Morgan fingerprint density at radius 1 is 0.756 bits per heavy atom. The van der Waals surface area contributed by atoms with Gasteiger partial charge in [0.15, 0.2) is 5.96 Å². The first-order valence-corrected chi connectivity index (χ1v) is 13.5. The standard InChI is InChI=1S/C29H41N7O5/c1-18(2)24(30)27(39)35-22(16-19-10-5-3-6-11-19)26(38)34-21(14-9-15-33-29(31)32)25(37)36-23(28(40)41)17-20-12-7-4-8-13-20/h3-8,10-13,18,21-24H,9,14-17,30H2,1-2H3,(H,34,38)(H,35,39)(H,36,37)(H,40,41)(H4,31,32,33). The van der Waals surface area contributed by atoms with Crippen molar-refractivity contribution in [2.45, 2.75) is 63.7 Å². The van der Waals surface area contributed by atoms with Crippen LogP contribution in [0.1, 0.15) is 37.8 Å². The second-order valence-electron chi connectivity index (χ2n) is 10.1. The fraction of sp³-hybridized carbons (Fsp3) is 0.414. The number of guanidine groups is 1. The summed E-state index contributed by atoms with van der Waals surface area (Å²) in [4.78, 5) is 55.5. The van der Waals surface area contributed by atoms with E-state index in [2.05, 4.69) is 20.9 Å². The number of hydrogen-bond acceptors (Lipinski definition) is 6. The molecule has 4 unspecified atom stereocenters. The fourth-order valence-electron chi connectivity index (χ4n) is 4.00. The lowest BCUT2D eigenvalue weighted by molar-refractivity contribution is -0.142. The molecule has 222 valence electrons. The Labute approximate surface area is 240 Å². The van der Waals surface area contributed by atoms with Crippen LogP contribution in [0.5, 0.6) is 0 Å². The molecule has 4 atom stereocenters. The summed E-state index contributed by atoms with van der Waals surface area (Å²) in [7, 11) is 0. The average Bonchev–Trinajstić information content (AvgIpc) is 2.94. The van der Waals surface area contributed by atoms with Gasteiger partial charge < -0.3 is 38.3 Å². The number of carboxylic acids is 1. The molecule has 12 nitrogen and oxygen atoms in total. The Bertz CT molecular complexity index is 1170. The molecule has 0 radical (unpaired) electrons. The number of hydrogen-bond donors (Lipinski definition) is 7. The summed E-state index contributed by atoms with van der Waals surface area (Å²) in [6.45, 7) is 3.78. The maximum atomic E-state index is 13.5. The molecule has 3 amide bonds. The van der Waals surface area contributed by atoms with Crippen molar-refractivity contribution in [1.82, 2.24) is 16.0 Å². The van der Waals surface area contributed by atoms with Crippen LogP contribution in [0.15, 0.2) is 65.7 Å². The Morgan fingerprint density at radius 3 is 1.71 bits per heavy atom. The second kappa shape index (κ2) is 16.6. The zero-order valence-corrected chi connectivity index (χ0v) is 23.5. The van der Waals surface area contributed by atoms with E-state index >= 15 is 0 Å². The summed E-state index contributed by atoms with van der Waals surface area (Å²) in [5, 5.41) is 17.7. The van der Waals surface area contributed by atoms with Crippen LogP contribution in [-0.2, 0) is 32.0 Å². The van der Waals surface area contributed by atoms with Gasteiger partial charge >= 0.3 is 5.97 Å². The average molecular weight is 568 g/mol. The first kappa shape index (κ1) is 32.8. The highest BCUT2D eigenvalue weighted by Crippen LogP contribution is 2.09. The van der Waals surface area contributed by atoms with Crippen molar-refractivity contribution in [1.29, 1.82) is 0 Å². The normalized spacial score (nSPS) is 13.8. The molecule has 0 aliphatic heterocycles. The van der Waals surface area contributed by atoms with Gasteiger partial charge in [-0.25, -0.2) is 4.79 Å². The summed E-state index contributed by atoms with van der Waals surface area (Å²) in [6.07, 6.45) is 0.637. The molecular weight excluding hydrogens is 526 g/mol. The molecule has 2 rings (SSSR count). The lowest BCUT2D eigenvalue weighted by atomic mass is 10.0. The van der Waals surface area contributed by atoms with Gasteiger partial charge in [0.2, 0.25) is 17.7 Å². The number of carbonyl (C=O) groups is 4. The maximum absolute atomic E-state index is 13.5. The van der Waals surface area contributed by atoms with E-state index in [1.165, 1.54) is 0 Å². The molecule has 0 aliphatic rings. The summed E-state index contributed by atoms with van der Waals surface area (Å²) in [5.74, 6) is -3.30. The monoisotopic (exact) mass is 567 g/mol. The number of carbonyl (C=O) groups excluding carboxylic acids is 3. The van der Waals surface area contributed by atoms with Gasteiger partial charge in [0, 0.05) is 19.4 Å². The van der Waals surface area contributed by atoms with E-state index in [0.717, 1.165) is 11.1 Å². The Kier molecular flexibility index (Phi) is 13.3. The van der Waals surface area contributed by atoms with Crippen LogP contribution in [-0.4, -0.2) is 65.5 Å². The molecule has 2 aromatic rings. The van der Waals surface area contributed by atoms with Crippen LogP contribution in [0.4, 0.5) is 0 Å². The highest BCUT2D eigenvalue weighted by atomic mass is 16.4. The number of amides is 3. The van der Waals surface area contributed by atoms with Gasteiger partial charge in [0.25, 0.3) is 0 Å². The number of nitrogens with one attached hydrogen (secondary N) is 3. The van der Waals surface area contributed by atoms with E-state index in [1.807, 2.05) is 30.3 Å². The van der Waals surface area contributed by atoms with Crippen molar-refractivity contribution < 1.29 is 24.3 Å². The predicted molar refractivity (Wildman–Crippen MR) is 156 cm³/mol. The fourth-order valence-corrected chi connectivity index (χ4v) is 4.00. The molecule has 2 aromatic carbocycles. The zero-order chi connectivity index (χ0) is 30.4. The second-order valence-corrected chi connectivity index (χ2v) is 10.1. The highest BCUT2D eigenvalue weighted by Gasteiger charge is 2.31. The maximum Gasteiger partial charge on any atom is 0.326 e. The van der Waals surface area contributed by atoms with Crippen molar-refractivity contribution in [3.63, 3.8) is 0 Å². The highest BCUT2D eigenvalue weighted by molar-refractivity contribution is 5.94. The van der Waals surface area contributed by atoms with Crippen molar-refractivity contribution in [3.05, 3.63) is 71.8 Å². The van der Waals surface area contributed by atoms with Gasteiger partial charge in [-0.05, 0) is 29.9 Å². The number of rotatable bonds is 16. The summed E-state index contributed by atoms with van der Waals surface area (Å²) >= 11 is 0. The summed E-state index contributed by atoms with van der Waals surface area (Å²) in [5.41, 5.74) is 18.3. The molecular formula is C29H41N7O5. The molecule has 41 heavy (non-hydrogen) atoms. The van der Waals surface area contributed by atoms with E-state index < -0.39 is 47.9 Å². The molecule has 0 aliphatic carbocycles. The molecule has 0 saturated heterocycles. The SMILES string of the molecule is CC(C)C(N)C(=O)NC(Cc1ccccc1)C(=O)NC(CCCN=C(N)N)C(=O)NC(Cc1ccccc1)C(=O)O. The first-order valence-electron chi connectivity index (χ1n) is 13.5. The third kappa shape index (κ3) is 11.7. The topological polar surface area (TPSA) is 215 Å². The number of nitrogens with zero attached hydrogens (tertiary/aromatic N) is 1. The third-order valence-electron chi connectivity index (χ3n) is 6.41. The van der Waals surface area contributed by atoms with Crippen LogP contribution >= 0.6 is 0 Å². The number of nitrogens with two attached hydrogens (primary N) is 3.